The minimum atomic E-state index is 0.246. The van der Waals surface area contributed by atoms with E-state index in [0.717, 1.165) is 48.6 Å². The molecule has 0 atom stereocenters. The molecule has 1 heterocycles. The molecule has 0 fully saturated rings. The molecule has 1 aliphatic carbocycles. The lowest BCUT2D eigenvalue weighted by atomic mass is 9.92. The third-order valence-corrected chi connectivity index (χ3v) is 3.75. The minimum Gasteiger partial charge on any atom is -0.493 e. The molecule has 0 saturated carbocycles. The van der Waals surface area contributed by atoms with E-state index in [0.29, 0.717) is 6.42 Å². The molecule has 0 radical (unpaired) electrons. The van der Waals surface area contributed by atoms with E-state index in [9.17, 15) is 4.79 Å². The van der Waals surface area contributed by atoms with Gasteiger partial charge >= 0.3 is 0 Å². The third kappa shape index (κ3) is 2.30. The number of benzene rings is 1. The Kier molecular flexibility index (Phi) is 3.13. The molecule has 0 saturated heterocycles. The maximum absolute atomic E-state index is 11.4. The van der Waals surface area contributed by atoms with Gasteiger partial charge in [0.15, 0.2) is 5.78 Å². The summed E-state index contributed by atoms with van der Waals surface area (Å²) in [7, 11) is 0. The first-order valence-corrected chi connectivity index (χ1v) is 6.76. The number of hydrogen-bond donors (Lipinski definition) is 0. The monoisotopic (exact) mass is 262 g/mol. The highest BCUT2D eigenvalue weighted by molar-refractivity contribution is 6.30. The summed E-state index contributed by atoms with van der Waals surface area (Å²) in [5.74, 6) is 1.23. The number of carbonyl (C=O) groups is 1. The Morgan fingerprint density at radius 2 is 2.11 bits per heavy atom. The highest BCUT2D eigenvalue weighted by atomic mass is 35.5. The summed E-state index contributed by atoms with van der Waals surface area (Å²) in [5.41, 5.74) is 3.52. The highest BCUT2D eigenvalue weighted by Crippen LogP contribution is 2.35. The van der Waals surface area contributed by atoms with Gasteiger partial charge in [-0.05, 0) is 48.6 Å². The van der Waals surface area contributed by atoms with Gasteiger partial charge in [-0.25, -0.2) is 0 Å². The molecule has 0 spiro atoms. The predicted molar refractivity (Wildman–Crippen MR) is 71.3 cm³/mol. The Balaban J connectivity index is 1.91. The van der Waals surface area contributed by atoms with Crippen LogP contribution in [0.5, 0.6) is 5.75 Å². The van der Waals surface area contributed by atoms with Gasteiger partial charge in [-0.1, -0.05) is 17.2 Å². The largest absolute Gasteiger partial charge is 0.493 e. The van der Waals surface area contributed by atoms with E-state index in [1.54, 1.807) is 6.08 Å². The summed E-state index contributed by atoms with van der Waals surface area (Å²) in [6.45, 7) is 0.737. The zero-order valence-electron chi connectivity index (χ0n) is 10.2. The van der Waals surface area contributed by atoms with Crippen molar-refractivity contribution >= 4 is 17.4 Å². The molecular weight excluding hydrogens is 248 g/mol. The Hall–Kier alpha value is -1.28. The van der Waals surface area contributed by atoms with Crippen molar-refractivity contribution in [1.82, 2.24) is 0 Å². The zero-order chi connectivity index (χ0) is 12.5. The molecule has 18 heavy (non-hydrogen) atoms. The van der Waals surface area contributed by atoms with Crippen LogP contribution in [0.1, 0.15) is 30.4 Å². The first-order valence-electron chi connectivity index (χ1n) is 6.39. The molecule has 94 valence electrons. The lowest BCUT2D eigenvalue weighted by Crippen LogP contribution is -2.05. The molecule has 1 aromatic rings. The summed E-state index contributed by atoms with van der Waals surface area (Å²) in [6, 6.07) is 3.94. The molecule has 0 bridgehead atoms. The fourth-order valence-corrected chi connectivity index (χ4v) is 2.99. The molecule has 1 aliphatic heterocycles. The van der Waals surface area contributed by atoms with Crippen LogP contribution in [0, 0.1) is 0 Å². The number of fused-ring (bicyclic) bond motifs is 1. The number of hydrogen-bond acceptors (Lipinski definition) is 2. The Morgan fingerprint density at radius 3 is 2.94 bits per heavy atom. The molecule has 3 rings (SSSR count). The second-order valence-corrected chi connectivity index (χ2v) is 5.39. The average Bonchev–Trinajstić information content (AvgIpc) is 2.77. The van der Waals surface area contributed by atoms with Crippen molar-refractivity contribution in [2.75, 3.05) is 6.61 Å². The van der Waals surface area contributed by atoms with Crippen LogP contribution in [-0.4, -0.2) is 12.4 Å². The second kappa shape index (κ2) is 4.77. The molecule has 2 nitrogen and oxygen atoms in total. The number of rotatable bonds is 2. The van der Waals surface area contributed by atoms with Gasteiger partial charge in [-0.3, -0.25) is 4.79 Å². The van der Waals surface area contributed by atoms with E-state index < -0.39 is 0 Å². The van der Waals surface area contributed by atoms with Crippen molar-refractivity contribution in [3.8, 4) is 5.75 Å². The highest BCUT2D eigenvalue weighted by Gasteiger charge is 2.19. The topological polar surface area (TPSA) is 26.3 Å². The van der Waals surface area contributed by atoms with E-state index in [1.165, 1.54) is 11.1 Å². The summed E-state index contributed by atoms with van der Waals surface area (Å²) in [5, 5.41) is 0.761. The predicted octanol–water partition coefficient (Wildman–Crippen LogP) is 3.50. The number of allylic oxidation sites excluding steroid dienone is 2. The maximum atomic E-state index is 11.4. The zero-order valence-corrected chi connectivity index (χ0v) is 10.9. The van der Waals surface area contributed by atoms with E-state index in [2.05, 4.69) is 0 Å². The van der Waals surface area contributed by atoms with Crippen molar-refractivity contribution in [3.63, 3.8) is 0 Å². The molecule has 1 aromatic carbocycles. The first kappa shape index (κ1) is 11.8. The van der Waals surface area contributed by atoms with Crippen molar-refractivity contribution < 1.29 is 9.53 Å². The lowest BCUT2D eigenvalue weighted by Gasteiger charge is -2.14. The van der Waals surface area contributed by atoms with Gasteiger partial charge in [0.05, 0.1) is 6.61 Å². The Labute approximate surface area is 112 Å². The number of ether oxygens (including phenoxy) is 1. The van der Waals surface area contributed by atoms with Crippen LogP contribution >= 0.6 is 11.6 Å². The fourth-order valence-electron chi connectivity index (χ4n) is 2.72. The average molecular weight is 263 g/mol. The molecule has 0 amide bonds. The molecule has 0 aromatic heterocycles. The van der Waals surface area contributed by atoms with Gasteiger partial charge in [-0.2, -0.15) is 0 Å². The normalized spacial score (nSPS) is 18.3. The minimum absolute atomic E-state index is 0.246. The number of ketones is 1. The molecule has 0 N–H and O–H groups in total. The van der Waals surface area contributed by atoms with E-state index in [4.69, 9.17) is 16.3 Å². The molecule has 3 heteroatoms. The van der Waals surface area contributed by atoms with E-state index in [-0.39, 0.29) is 5.78 Å². The SMILES string of the molecule is O=C1C=C(Cc2cc(Cl)cc3c2OCC3)CCC1. The summed E-state index contributed by atoms with van der Waals surface area (Å²) in [4.78, 5) is 11.4. The summed E-state index contributed by atoms with van der Waals surface area (Å²) < 4.78 is 5.68. The Bertz CT molecular complexity index is 532. The van der Waals surface area contributed by atoms with E-state index >= 15 is 0 Å². The standard InChI is InChI=1S/C15H15ClO2/c16-13-8-11-4-5-18-15(11)12(9-13)6-10-2-1-3-14(17)7-10/h7-9H,1-6H2. The quantitative estimate of drug-likeness (QED) is 0.815. The van der Waals surface area contributed by atoms with Gasteiger partial charge in [0.25, 0.3) is 0 Å². The Morgan fingerprint density at radius 1 is 1.22 bits per heavy atom. The van der Waals surface area contributed by atoms with Crippen LogP contribution in [0.25, 0.3) is 0 Å². The van der Waals surface area contributed by atoms with Crippen molar-refractivity contribution in [1.29, 1.82) is 0 Å². The van der Waals surface area contributed by atoms with Gasteiger partial charge in [0, 0.05) is 17.9 Å². The molecule has 0 unspecified atom stereocenters. The third-order valence-electron chi connectivity index (χ3n) is 3.53. The number of halogens is 1. The van der Waals surface area contributed by atoms with Gasteiger partial charge in [0.1, 0.15) is 5.75 Å². The van der Waals surface area contributed by atoms with Crippen molar-refractivity contribution in [2.45, 2.75) is 32.1 Å². The van der Waals surface area contributed by atoms with Crippen LogP contribution in [0.4, 0.5) is 0 Å². The van der Waals surface area contributed by atoms with Crippen molar-refractivity contribution in [2.24, 2.45) is 0 Å². The van der Waals surface area contributed by atoms with Crippen LogP contribution < -0.4 is 4.74 Å². The summed E-state index contributed by atoms with van der Waals surface area (Å²) >= 11 is 6.13. The smallest absolute Gasteiger partial charge is 0.155 e. The second-order valence-electron chi connectivity index (χ2n) is 4.95. The molecular formula is C15H15ClO2. The van der Waals surface area contributed by atoms with Gasteiger partial charge in [-0.15, -0.1) is 0 Å². The van der Waals surface area contributed by atoms with E-state index in [1.807, 2.05) is 12.1 Å². The van der Waals surface area contributed by atoms with Crippen LogP contribution in [0.2, 0.25) is 5.02 Å². The van der Waals surface area contributed by atoms with Crippen molar-refractivity contribution in [3.05, 3.63) is 39.9 Å². The van der Waals surface area contributed by atoms with Crippen LogP contribution in [0.3, 0.4) is 0 Å². The van der Waals surface area contributed by atoms with Crippen LogP contribution in [0.15, 0.2) is 23.8 Å². The molecule has 2 aliphatic rings. The fraction of sp³-hybridized carbons (Fsp3) is 0.400. The van der Waals surface area contributed by atoms with Gasteiger partial charge < -0.3 is 4.74 Å². The number of carbonyl (C=O) groups excluding carboxylic acids is 1. The maximum Gasteiger partial charge on any atom is 0.155 e. The lowest BCUT2D eigenvalue weighted by molar-refractivity contribution is -0.115. The first-order chi connectivity index (χ1) is 8.72. The van der Waals surface area contributed by atoms with Gasteiger partial charge in [0.2, 0.25) is 0 Å². The van der Waals surface area contributed by atoms with Crippen LogP contribution in [-0.2, 0) is 17.6 Å². The summed E-state index contributed by atoms with van der Waals surface area (Å²) in [6.07, 6.45) is 6.18.